The lowest BCUT2D eigenvalue weighted by Crippen LogP contribution is -2.40. The zero-order valence-electron chi connectivity index (χ0n) is 16.4. The molecular weight excluding hydrogens is 322 g/mol. The van der Waals surface area contributed by atoms with Crippen molar-refractivity contribution in [1.29, 1.82) is 0 Å². The van der Waals surface area contributed by atoms with E-state index in [2.05, 4.69) is 55.4 Å². The molecule has 1 fully saturated rings. The molecule has 1 aliphatic heterocycles. The molecule has 1 aromatic carbocycles. The summed E-state index contributed by atoms with van der Waals surface area (Å²) in [5.41, 5.74) is 1.94. The summed E-state index contributed by atoms with van der Waals surface area (Å²) in [6, 6.07) is 11.0. The number of hydrazone groups is 1. The zero-order chi connectivity index (χ0) is 18.5. The minimum Gasteiger partial charge on any atom is -0.348 e. The molecule has 1 aliphatic carbocycles. The van der Waals surface area contributed by atoms with E-state index >= 15 is 0 Å². The van der Waals surface area contributed by atoms with Crippen LogP contribution in [0.4, 0.5) is 0 Å². The fraction of sp³-hybridized carbons (Fsp3) is 0.636. The van der Waals surface area contributed by atoms with Gasteiger partial charge in [0.1, 0.15) is 5.71 Å². The second-order valence-electron chi connectivity index (χ2n) is 8.18. The molecule has 1 heterocycles. The number of hydrogen-bond donors (Lipinski definition) is 1. The normalized spacial score (nSPS) is 28.3. The summed E-state index contributed by atoms with van der Waals surface area (Å²) in [6.07, 6.45) is 6.51. The van der Waals surface area contributed by atoms with Crippen LogP contribution in [0.25, 0.3) is 0 Å². The van der Waals surface area contributed by atoms with Crippen LogP contribution in [0.1, 0.15) is 70.9 Å². The molecule has 4 heteroatoms. The summed E-state index contributed by atoms with van der Waals surface area (Å²) in [5, 5.41) is 10.1. The van der Waals surface area contributed by atoms with Crippen molar-refractivity contribution in [2.24, 2.45) is 16.9 Å². The summed E-state index contributed by atoms with van der Waals surface area (Å²) < 4.78 is 0. The number of hydrogen-bond acceptors (Lipinski definition) is 3. The van der Waals surface area contributed by atoms with E-state index in [9.17, 15) is 4.79 Å². The first-order valence-electron chi connectivity index (χ1n) is 10.3. The maximum atomic E-state index is 12.8. The van der Waals surface area contributed by atoms with E-state index in [1.165, 1.54) is 24.8 Å². The Labute approximate surface area is 158 Å². The first kappa shape index (κ1) is 18.9. The van der Waals surface area contributed by atoms with Crippen LogP contribution in [0.5, 0.6) is 0 Å². The zero-order valence-corrected chi connectivity index (χ0v) is 16.4. The van der Waals surface area contributed by atoms with Crippen LogP contribution in [-0.4, -0.2) is 29.2 Å². The topological polar surface area (TPSA) is 44.7 Å². The summed E-state index contributed by atoms with van der Waals surface area (Å²) in [7, 11) is 0. The molecule has 2 aliphatic rings. The van der Waals surface area contributed by atoms with Gasteiger partial charge < -0.3 is 5.32 Å². The van der Waals surface area contributed by atoms with Crippen LogP contribution in [0.3, 0.4) is 0 Å². The molecule has 1 aromatic rings. The maximum Gasteiger partial charge on any atom is 0.267 e. The van der Waals surface area contributed by atoms with Crippen LogP contribution in [0.2, 0.25) is 0 Å². The molecule has 0 saturated heterocycles. The Balaban J connectivity index is 1.68. The van der Waals surface area contributed by atoms with Gasteiger partial charge in [-0.15, -0.1) is 0 Å². The monoisotopic (exact) mass is 355 g/mol. The van der Waals surface area contributed by atoms with Gasteiger partial charge in [0.15, 0.2) is 0 Å². The predicted molar refractivity (Wildman–Crippen MR) is 107 cm³/mol. The van der Waals surface area contributed by atoms with Crippen molar-refractivity contribution in [3.8, 4) is 0 Å². The molecular formula is C22H33N3O. The Morgan fingerprint density at radius 2 is 1.96 bits per heavy atom. The Hall–Kier alpha value is -1.84. The SMILES string of the molecule is CCCCCN1N=C(C(=O)NC2CC(C)CC2C)CC1c1ccccc1. The van der Waals surface area contributed by atoms with E-state index in [1.807, 2.05) is 6.07 Å². The van der Waals surface area contributed by atoms with Crippen LogP contribution in [0, 0.1) is 11.8 Å². The molecule has 1 saturated carbocycles. The van der Waals surface area contributed by atoms with Gasteiger partial charge in [-0.25, -0.2) is 0 Å². The first-order chi connectivity index (χ1) is 12.6. The van der Waals surface area contributed by atoms with Gasteiger partial charge in [0.25, 0.3) is 5.91 Å². The quantitative estimate of drug-likeness (QED) is 0.730. The number of carbonyl (C=O) groups excluding carboxylic acids is 1. The number of carbonyl (C=O) groups is 1. The third-order valence-electron chi connectivity index (χ3n) is 5.87. The standard InChI is InChI=1S/C22H33N3O/c1-4-5-9-12-25-21(18-10-7-6-8-11-18)15-20(24-25)22(26)23-19-14-16(2)13-17(19)3/h6-8,10-11,16-17,19,21H,4-5,9,12-15H2,1-3H3,(H,23,26). The molecule has 4 unspecified atom stereocenters. The lowest BCUT2D eigenvalue weighted by atomic mass is 10.0. The summed E-state index contributed by atoms with van der Waals surface area (Å²) in [6.45, 7) is 7.65. The fourth-order valence-electron chi connectivity index (χ4n) is 4.40. The molecule has 0 aromatic heterocycles. The molecule has 0 bridgehead atoms. The smallest absolute Gasteiger partial charge is 0.267 e. The largest absolute Gasteiger partial charge is 0.348 e. The minimum atomic E-state index is 0.0369. The van der Waals surface area contributed by atoms with E-state index in [-0.39, 0.29) is 11.9 Å². The van der Waals surface area contributed by atoms with Crippen LogP contribution in [-0.2, 0) is 4.79 Å². The number of nitrogens with one attached hydrogen (secondary N) is 1. The van der Waals surface area contributed by atoms with Gasteiger partial charge in [-0.2, -0.15) is 5.10 Å². The average Bonchev–Trinajstić information content (AvgIpc) is 3.19. The number of unbranched alkanes of at least 4 members (excludes halogenated alkanes) is 2. The molecule has 0 radical (unpaired) electrons. The molecule has 142 valence electrons. The number of benzene rings is 1. The minimum absolute atomic E-state index is 0.0369. The highest BCUT2D eigenvalue weighted by Gasteiger charge is 2.34. The average molecular weight is 356 g/mol. The molecule has 4 nitrogen and oxygen atoms in total. The third-order valence-corrected chi connectivity index (χ3v) is 5.87. The Morgan fingerprint density at radius 3 is 2.62 bits per heavy atom. The highest BCUT2D eigenvalue weighted by molar-refractivity contribution is 6.39. The van der Waals surface area contributed by atoms with Crippen LogP contribution in [0.15, 0.2) is 35.4 Å². The lowest BCUT2D eigenvalue weighted by molar-refractivity contribution is -0.115. The molecule has 3 rings (SSSR count). The number of nitrogens with zero attached hydrogens (tertiary/aromatic N) is 2. The second kappa shape index (κ2) is 8.70. The third kappa shape index (κ3) is 4.46. The first-order valence-corrected chi connectivity index (χ1v) is 10.3. The summed E-state index contributed by atoms with van der Waals surface area (Å²) >= 11 is 0. The van der Waals surface area contributed by atoms with E-state index in [1.54, 1.807) is 0 Å². The number of amides is 1. The molecule has 0 spiro atoms. The number of rotatable bonds is 7. The lowest BCUT2D eigenvalue weighted by Gasteiger charge is -2.23. The van der Waals surface area contributed by atoms with Crippen molar-refractivity contribution in [3.63, 3.8) is 0 Å². The molecule has 1 N–H and O–H groups in total. The van der Waals surface area contributed by atoms with Gasteiger partial charge in [-0.1, -0.05) is 63.9 Å². The van der Waals surface area contributed by atoms with Crippen molar-refractivity contribution < 1.29 is 4.79 Å². The molecule has 26 heavy (non-hydrogen) atoms. The summed E-state index contributed by atoms with van der Waals surface area (Å²) in [5.74, 6) is 1.29. The van der Waals surface area contributed by atoms with Gasteiger partial charge in [0, 0.05) is 19.0 Å². The molecule has 4 atom stereocenters. The summed E-state index contributed by atoms with van der Waals surface area (Å²) in [4.78, 5) is 12.8. The predicted octanol–water partition coefficient (Wildman–Crippen LogP) is 4.53. The van der Waals surface area contributed by atoms with E-state index in [0.717, 1.165) is 19.4 Å². The van der Waals surface area contributed by atoms with Gasteiger partial charge >= 0.3 is 0 Å². The van der Waals surface area contributed by atoms with Crippen LogP contribution < -0.4 is 5.32 Å². The molecule has 1 amide bonds. The van der Waals surface area contributed by atoms with Crippen molar-refractivity contribution >= 4 is 11.6 Å². The van der Waals surface area contributed by atoms with E-state index in [4.69, 9.17) is 5.10 Å². The van der Waals surface area contributed by atoms with E-state index in [0.29, 0.717) is 30.0 Å². The van der Waals surface area contributed by atoms with Gasteiger partial charge in [0.2, 0.25) is 0 Å². The van der Waals surface area contributed by atoms with Gasteiger partial charge in [0.05, 0.1) is 6.04 Å². The van der Waals surface area contributed by atoms with Crippen molar-refractivity contribution in [2.45, 2.75) is 71.4 Å². The van der Waals surface area contributed by atoms with Gasteiger partial charge in [-0.05, 0) is 36.7 Å². The van der Waals surface area contributed by atoms with Crippen LogP contribution >= 0.6 is 0 Å². The Kier molecular flexibility index (Phi) is 6.33. The van der Waals surface area contributed by atoms with Gasteiger partial charge in [-0.3, -0.25) is 9.80 Å². The Morgan fingerprint density at radius 1 is 1.19 bits per heavy atom. The Bertz CT molecular complexity index is 628. The maximum absolute atomic E-state index is 12.8. The van der Waals surface area contributed by atoms with E-state index < -0.39 is 0 Å². The fourth-order valence-corrected chi connectivity index (χ4v) is 4.40. The second-order valence-corrected chi connectivity index (χ2v) is 8.18. The van der Waals surface area contributed by atoms with Crippen molar-refractivity contribution in [1.82, 2.24) is 10.3 Å². The van der Waals surface area contributed by atoms with Crippen molar-refractivity contribution in [2.75, 3.05) is 6.54 Å². The van der Waals surface area contributed by atoms with Crippen molar-refractivity contribution in [3.05, 3.63) is 35.9 Å². The highest BCUT2D eigenvalue weighted by atomic mass is 16.2. The highest BCUT2D eigenvalue weighted by Crippen LogP contribution is 2.33.